The fourth-order valence-corrected chi connectivity index (χ4v) is 8.55. The van der Waals surface area contributed by atoms with E-state index in [1.54, 1.807) is 0 Å². The highest BCUT2D eigenvalue weighted by molar-refractivity contribution is 5.71. The van der Waals surface area contributed by atoms with Crippen LogP contribution < -0.4 is 0 Å². The van der Waals surface area contributed by atoms with Crippen molar-refractivity contribution < 1.29 is 28.6 Å². The van der Waals surface area contributed by atoms with Crippen LogP contribution in [-0.4, -0.2) is 37.2 Å². The Labute approximate surface area is 404 Å². The van der Waals surface area contributed by atoms with Gasteiger partial charge in [0.25, 0.3) is 0 Å². The molecule has 0 aliphatic rings. The molecule has 0 fully saturated rings. The van der Waals surface area contributed by atoms with Gasteiger partial charge in [-0.05, 0) is 70.6 Å². The van der Waals surface area contributed by atoms with Crippen LogP contribution in [0, 0.1) is 0 Å². The summed E-state index contributed by atoms with van der Waals surface area (Å²) < 4.78 is 16.9. The molecule has 0 amide bonds. The van der Waals surface area contributed by atoms with Crippen LogP contribution in [0.4, 0.5) is 0 Å². The van der Waals surface area contributed by atoms with E-state index in [1.807, 2.05) is 0 Å². The molecule has 0 N–H and O–H groups in total. The largest absolute Gasteiger partial charge is 0.462 e. The van der Waals surface area contributed by atoms with Gasteiger partial charge in [-0.2, -0.15) is 0 Å². The second-order valence-electron chi connectivity index (χ2n) is 19.6. The Morgan fingerprint density at radius 1 is 0.292 bits per heavy atom. The smallest absolute Gasteiger partial charge is 0.306 e. The van der Waals surface area contributed by atoms with E-state index in [0.29, 0.717) is 19.3 Å². The first-order valence-corrected chi connectivity index (χ1v) is 28.8. The molecule has 0 aromatic rings. The van der Waals surface area contributed by atoms with Crippen LogP contribution in [0.2, 0.25) is 0 Å². The van der Waals surface area contributed by atoms with Gasteiger partial charge in [0, 0.05) is 19.3 Å². The number of hydrogen-bond acceptors (Lipinski definition) is 6. The summed E-state index contributed by atoms with van der Waals surface area (Å²) in [7, 11) is 0. The number of esters is 3. The molecule has 6 nitrogen and oxygen atoms in total. The van der Waals surface area contributed by atoms with Crippen molar-refractivity contribution in [3.63, 3.8) is 0 Å². The topological polar surface area (TPSA) is 78.9 Å². The van der Waals surface area contributed by atoms with Gasteiger partial charge in [0.05, 0.1) is 0 Å². The molecule has 0 heterocycles. The normalized spacial score (nSPS) is 12.1. The van der Waals surface area contributed by atoms with E-state index >= 15 is 0 Å². The second-order valence-corrected chi connectivity index (χ2v) is 19.6. The van der Waals surface area contributed by atoms with Crippen LogP contribution in [-0.2, 0) is 28.6 Å². The lowest BCUT2D eigenvalue weighted by atomic mass is 10.0. The quantitative estimate of drug-likeness (QED) is 0.0262. The summed E-state index contributed by atoms with van der Waals surface area (Å²) in [6, 6.07) is 0. The van der Waals surface area contributed by atoms with Crippen molar-refractivity contribution >= 4 is 17.9 Å². The van der Waals surface area contributed by atoms with E-state index in [-0.39, 0.29) is 31.1 Å². The molecule has 0 aromatic heterocycles. The van der Waals surface area contributed by atoms with Crippen molar-refractivity contribution in [2.24, 2.45) is 0 Å². The van der Waals surface area contributed by atoms with Crippen molar-refractivity contribution in [2.45, 2.75) is 322 Å². The average molecular weight is 916 g/mol. The minimum Gasteiger partial charge on any atom is -0.462 e. The third-order valence-electron chi connectivity index (χ3n) is 12.9. The first-order valence-electron chi connectivity index (χ1n) is 28.8. The predicted molar refractivity (Wildman–Crippen MR) is 279 cm³/mol. The first kappa shape index (κ1) is 62.9. The highest BCUT2D eigenvalue weighted by Crippen LogP contribution is 2.16. The number of carbonyl (C=O) groups excluding carboxylic acids is 3. The Balaban J connectivity index is 4.34. The van der Waals surface area contributed by atoms with Crippen LogP contribution in [0.3, 0.4) is 0 Å². The lowest BCUT2D eigenvalue weighted by Crippen LogP contribution is -2.30. The van der Waals surface area contributed by atoms with Gasteiger partial charge in [0.1, 0.15) is 13.2 Å². The highest BCUT2D eigenvalue weighted by Gasteiger charge is 2.19. The van der Waals surface area contributed by atoms with Crippen LogP contribution in [0.5, 0.6) is 0 Å². The number of unbranched alkanes of at least 4 members (excludes halogenated alkanes) is 38. The Hall–Kier alpha value is -2.11. The van der Waals surface area contributed by atoms with Gasteiger partial charge in [-0.3, -0.25) is 14.4 Å². The van der Waals surface area contributed by atoms with E-state index in [4.69, 9.17) is 14.2 Å². The molecule has 1 atom stereocenters. The molecule has 0 aliphatic heterocycles. The van der Waals surface area contributed by atoms with Crippen molar-refractivity contribution in [1.82, 2.24) is 0 Å². The summed E-state index contributed by atoms with van der Waals surface area (Å²) in [6.07, 6.45) is 63.0. The average Bonchev–Trinajstić information content (AvgIpc) is 3.30. The predicted octanol–water partition coefficient (Wildman–Crippen LogP) is 19.1. The Bertz CT molecular complexity index is 1050. The Morgan fingerprint density at radius 2 is 0.508 bits per heavy atom. The van der Waals surface area contributed by atoms with Crippen LogP contribution in [0.1, 0.15) is 316 Å². The number of rotatable bonds is 53. The zero-order valence-corrected chi connectivity index (χ0v) is 43.8. The summed E-state index contributed by atoms with van der Waals surface area (Å²) in [6.45, 7) is 6.66. The molecule has 0 saturated carbocycles. The molecule has 65 heavy (non-hydrogen) atoms. The second kappa shape index (κ2) is 54.5. The minimum atomic E-state index is -0.771. The monoisotopic (exact) mass is 915 g/mol. The molecular formula is C59H110O6. The van der Waals surface area contributed by atoms with E-state index in [2.05, 4.69) is 45.1 Å². The van der Waals surface area contributed by atoms with Gasteiger partial charge in [-0.25, -0.2) is 0 Å². The lowest BCUT2D eigenvalue weighted by molar-refractivity contribution is -0.167. The number of carbonyl (C=O) groups is 3. The maximum Gasteiger partial charge on any atom is 0.306 e. The van der Waals surface area contributed by atoms with Crippen molar-refractivity contribution in [2.75, 3.05) is 13.2 Å². The van der Waals surface area contributed by atoms with Gasteiger partial charge in [0.2, 0.25) is 0 Å². The molecule has 382 valence electrons. The van der Waals surface area contributed by atoms with Crippen molar-refractivity contribution in [3.8, 4) is 0 Å². The molecule has 0 spiro atoms. The zero-order chi connectivity index (χ0) is 47.2. The molecule has 0 aliphatic carbocycles. The number of ether oxygens (including phenoxy) is 3. The molecule has 0 radical (unpaired) electrons. The SMILES string of the molecule is CCCCCC/C=C\CCCCCCCCCC(=O)OC(COC(=O)CCCCCCCCC/C=C\CCCCCCCC)COC(=O)CCCCCCCCCCCCCCCCC. The molecule has 0 saturated heterocycles. The molecule has 0 aromatic carbocycles. The van der Waals surface area contributed by atoms with E-state index in [9.17, 15) is 14.4 Å². The fraction of sp³-hybridized carbons (Fsp3) is 0.881. The molecular weight excluding hydrogens is 805 g/mol. The van der Waals surface area contributed by atoms with E-state index in [0.717, 1.165) is 57.8 Å². The van der Waals surface area contributed by atoms with Crippen molar-refractivity contribution in [3.05, 3.63) is 24.3 Å². The third kappa shape index (κ3) is 52.7. The minimum absolute atomic E-state index is 0.0699. The molecule has 0 bridgehead atoms. The number of hydrogen-bond donors (Lipinski definition) is 0. The maximum absolute atomic E-state index is 12.8. The summed E-state index contributed by atoms with van der Waals surface area (Å²) >= 11 is 0. The number of allylic oxidation sites excluding steroid dienone is 4. The Morgan fingerprint density at radius 3 is 0.785 bits per heavy atom. The van der Waals surface area contributed by atoms with Crippen LogP contribution in [0.25, 0.3) is 0 Å². The third-order valence-corrected chi connectivity index (χ3v) is 12.9. The van der Waals surface area contributed by atoms with Gasteiger partial charge in [0.15, 0.2) is 6.10 Å². The summed E-state index contributed by atoms with van der Waals surface area (Å²) in [5, 5.41) is 0. The Kier molecular flexibility index (Phi) is 52.7. The van der Waals surface area contributed by atoms with Gasteiger partial charge in [-0.15, -0.1) is 0 Å². The summed E-state index contributed by atoms with van der Waals surface area (Å²) in [4.78, 5) is 38.1. The van der Waals surface area contributed by atoms with Crippen molar-refractivity contribution in [1.29, 1.82) is 0 Å². The first-order chi connectivity index (χ1) is 32.0. The van der Waals surface area contributed by atoms with Crippen LogP contribution in [0.15, 0.2) is 24.3 Å². The lowest BCUT2D eigenvalue weighted by Gasteiger charge is -2.18. The molecule has 0 rings (SSSR count). The molecule has 1 unspecified atom stereocenters. The van der Waals surface area contributed by atoms with Crippen LogP contribution >= 0.6 is 0 Å². The standard InChI is InChI=1S/C59H110O6/c1-4-7-10-13-16-19-22-25-28-29-32-34-37-40-43-46-49-52-58(61)64-55-56(65-59(62)53-50-47-44-41-38-35-31-27-24-21-18-15-12-9-6-3)54-63-57(60)51-48-45-42-39-36-33-30-26-23-20-17-14-11-8-5-2/h21,24-25,28,56H,4-20,22-23,26-27,29-55H2,1-3H3/b24-21-,28-25-. The zero-order valence-electron chi connectivity index (χ0n) is 43.8. The maximum atomic E-state index is 12.8. The summed E-state index contributed by atoms with van der Waals surface area (Å²) in [5.74, 6) is -0.859. The molecule has 6 heteroatoms. The van der Waals surface area contributed by atoms with E-state index in [1.165, 1.54) is 218 Å². The fourth-order valence-electron chi connectivity index (χ4n) is 8.55. The van der Waals surface area contributed by atoms with E-state index < -0.39 is 6.10 Å². The van der Waals surface area contributed by atoms with Gasteiger partial charge in [-0.1, -0.05) is 251 Å². The van der Waals surface area contributed by atoms with Gasteiger partial charge < -0.3 is 14.2 Å². The highest BCUT2D eigenvalue weighted by atomic mass is 16.6. The summed E-state index contributed by atoms with van der Waals surface area (Å²) in [5.41, 5.74) is 0. The van der Waals surface area contributed by atoms with Gasteiger partial charge >= 0.3 is 17.9 Å².